The second kappa shape index (κ2) is 6.99. The van der Waals surface area contributed by atoms with Crippen molar-refractivity contribution < 1.29 is 9.53 Å². The number of rotatable bonds is 7. The molecule has 16 heavy (non-hydrogen) atoms. The zero-order chi connectivity index (χ0) is 11.8. The van der Waals surface area contributed by atoms with E-state index in [9.17, 15) is 4.79 Å². The normalized spacial score (nSPS) is 10.1. The molecule has 1 rings (SSSR count). The first-order valence-corrected chi connectivity index (χ1v) is 5.90. The molecule has 0 spiro atoms. The lowest BCUT2D eigenvalue weighted by molar-refractivity contribution is 0.0974. The van der Waals surface area contributed by atoms with Crippen molar-refractivity contribution in [3.8, 4) is 5.88 Å². The van der Waals surface area contributed by atoms with Crippen molar-refractivity contribution >= 4 is 5.78 Å². The van der Waals surface area contributed by atoms with E-state index < -0.39 is 0 Å². The van der Waals surface area contributed by atoms with E-state index in [1.165, 1.54) is 0 Å². The zero-order valence-corrected chi connectivity index (χ0v) is 10.0. The summed E-state index contributed by atoms with van der Waals surface area (Å²) in [5.74, 6) is 0.594. The second-order valence-electron chi connectivity index (χ2n) is 3.67. The third-order valence-electron chi connectivity index (χ3n) is 2.36. The number of ketones is 1. The Morgan fingerprint density at radius 2 is 2.19 bits per heavy atom. The first-order chi connectivity index (χ1) is 7.79. The maximum atomic E-state index is 11.9. The predicted octanol–water partition coefficient (Wildman–Crippen LogP) is 3.24. The molecule has 0 unspecified atom stereocenters. The first kappa shape index (κ1) is 12.7. The van der Waals surface area contributed by atoms with Crippen molar-refractivity contribution in [2.45, 2.75) is 39.5 Å². The van der Waals surface area contributed by atoms with Crippen LogP contribution in [-0.4, -0.2) is 17.4 Å². The Labute approximate surface area is 96.8 Å². The molecule has 88 valence electrons. The molecule has 0 radical (unpaired) electrons. The molecule has 0 aliphatic carbocycles. The van der Waals surface area contributed by atoms with Gasteiger partial charge in [-0.2, -0.15) is 0 Å². The molecule has 0 fully saturated rings. The Morgan fingerprint density at radius 3 is 2.88 bits per heavy atom. The van der Waals surface area contributed by atoms with Gasteiger partial charge in [-0.3, -0.25) is 4.79 Å². The van der Waals surface area contributed by atoms with Crippen LogP contribution in [0.5, 0.6) is 5.88 Å². The fraction of sp³-hybridized carbons (Fsp3) is 0.538. The molecule has 1 heterocycles. The van der Waals surface area contributed by atoms with E-state index in [2.05, 4.69) is 11.9 Å². The Hall–Kier alpha value is -1.38. The summed E-state index contributed by atoms with van der Waals surface area (Å²) in [6.45, 7) is 4.55. The van der Waals surface area contributed by atoms with Crippen LogP contribution in [0, 0.1) is 0 Å². The Kier molecular flexibility index (Phi) is 5.54. The fourth-order valence-electron chi connectivity index (χ4n) is 1.52. The van der Waals surface area contributed by atoms with Crippen LogP contribution in [0.3, 0.4) is 0 Å². The van der Waals surface area contributed by atoms with Crippen LogP contribution in [0.4, 0.5) is 0 Å². The van der Waals surface area contributed by atoms with Gasteiger partial charge in [0.1, 0.15) is 0 Å². The molecule has 0 bridgehead atoms. The summed E-state index contributed by atoms with van der Waals surface area (Å²) >= 11 is 0. The predicted molar refractivity (Wildman–Crippen MR) is 63.9 cm³/mol. The van der Waals surface area contributed by atoms with E-state index in [1.807, 2.05) is 6.92 Å². The second-order valence-corrected chi connectivity index (χ2v) is 3.67. The number of carbonyl (C=O) groups excluding carboxylic acids is 1. The summed E-state index contributed by atoms with van der Waals surface area (Å²) < 4.78 is 5.33. The molecule has 0 aliphatic rings. The molecule has 0 atom stereocenters. The molecule has 0 aromatic carbocycles. The summed E-state index contributed by atoms with van der Waals surface area (Å²) in [5, 5.41) is 0. The van der Waals surface area contributed by atoms with E-state index >= 15 is 0 Å². The van der Waals surface area contributed by atoms with E-state index in [0.717, 1.165) is 19.3 Å². The van der Waals surface area contributed by atoms with E-state index in [4.69, 9.17) is 4.74 Å². The van der Waals surface area contributed by atoms with Crippen LogP contribution in [0.15, 0.2) is 18.3 Å². The van der Waals surface area contributed by atoms with Crippen molar-refractivity contribution in [1.29, 1.82) is 0 Å². The highest BCUT2D eigenvalue weighted by atomic mass is 16.5. The molecule has 0 saturated carbocycles. The Balaban J connectivity index is 2.66. The van der Waals surface area contributed by atoms with Crippen molar-refractivity contribution in [2.75, 3.05) is 6.61 Å². The lowest BCUT2D eigenvalue weighted by atomic mass is 10.1. The standard InChI is InChI=1S/C13H19NO2/c1-3-5-6-9-12(15)11-8-7-10-14-13(11)16-4-2/h7-8,10H,3-6,9H2,1-2H3. The van der Waals surface area contributed by atoms with E-state index in [0.29, 0.717) is 24.5 Å². The summed E-state index contributed by atoms with van der Waals surface area (Å²) in [6.07, 6.45) is 5.39. The molecule has 0 saturated heterocycles. The number of pyridine rings is 1. The average molecular weight is 221 g/mol. The molecular weight excluding hydrogens is 202 g/mol. The van der Waals surface area contributed by atoms with Crippen LogP contribution < -0.4 is 4.74 Å². The minimum Gasteiger partial charge on any atom is -0.477 e. The monoisotopic (exact) mass is 221 g/mol. The largest absolute Gasteiger partial charge is 0.477 e. The molecule has 0 N–H and O–H groups in total. The van der Waals surface area contributed by atoms with Gasteiger partial charge in [-0.25, -0.2) is 4.98 Å². The van der Waals surface area contributed by atoms with E-state index in [1.54, 1.807) is 18.3 Å². The highest BCUT2D eigenvalue weighted by Gasteiger charge is 2.12. The number of Topliss-reactive ketones (excluding diaryl/α,β-unsaturated/α-hetero) is 1. The molecule has 1 aromatic rings. The third kappa shape index (κ3) is 3.65. The van der Waals surface area contributed by atoms with Crippen molar-refractivity contribution in [1.82, 2.24) is 4.98 Å². The summed E-state index contributed by atoms with van der Waals surface area (Å²) in [7, 11) is 0. The van der Waals surface area contributed by atoms with Gasteiger partial charge < -0.3 is 4.74 Å². The lowest BCUT2D eigenvalue weighted by Gasteiger charge is -2.07. The van der Waals surface area contributed by atoms with E-state index in [-0.39, 0.29) is 5.78 Å². The van der Waals surface area contributed by atoms with Gasteiger partial charge >= 0.3 is 0 Å². The van der Waals surface area contributed by atoms with Gasteiger partial charge in [-0.1, -0.05) is 19.8 Å². The lowest BCUT2D eigenvalue weighted by Crippen LogP contribution is -2.05. The smallest absolute Gasteiger partial charge is 0.224 e. The average Bonchev–Trinajstić information content (AvgIpc) is 2.30. The van der Waals surface area contributed by atoms with Gasteiger partial charge in [0, 0.05) is 12.6 Å². The molecule has 3 nitrogen and oxygen atoms in total. The molecule has 3 heteroatoms. The molecule has 1 aromatic heterocycles. The van der Waals surface area contributed by atoms with Crippen molar-refractivity contribution in [3.63, 3.8) is 0 Å². The quantitative estimate of drug-likeness (QED) is 0.524. The van der Waals surface area contributed by atoms with Crippen LogP contribution in [0.1, 0.15) is 49.9 Å². The number of ether oxygens (including phenoxy) is 1. The number of carbonyl (C=O) groups is 1. The van der Waals surface area contributed by atoms with Gasteiger partial charge in [0.2, 0.25) is 5.88 Å². The van der Waals surface area contributed by atoms with Gasteiger partial charge in [-0.15, -0.1) is 0 Å². The number of aromatic nitrogens is 1. The highest BCUT2D eigenvalue weighted by molar-refractivity contribution is 5.98. The number of nitrogens with zero attached hydrogens (tertiary/aromatic N) is 1. The summed E-state index contributed by atoms with van der Waals surface area (Å²) in [6, 6.07) is 3.56. The molecule has 0 amide bonds. The van der Waals surface area contributed by atoms with Crippen molar-refractivity contribution in [3.05, 3.63) is 23.9 Å². The van der Waals surface area contributed by atoms with Gasteiger partial charge in [0.15, 0.2) is 5.78 Å². The summed E-state index contributed by atoms with van der Waals surface area (Å²) in [4.78, 5) is 16.0. The van der Waals surface area contributed by atoms with Crippen LogP contribution >= 0.6 is 0 Å². The highest BCUT2D eigenvalue weighted by Crippen LogP contribution is 2.17. The zero-order valence-electron chi connectivity index (χ0n) is 10.0. The fourth-order valence-corrected chi connectivity index (χ4v) is 1.52. The number of hydrogen-bond donors (Lipinski definition) is 0. The summed E-state index contributed by atoms with van der Waals surface area (Å²) in [5.41, 5.74) is 0.612. The van der Waals surface area contributed by atoms with Gasteiger partial charge in [0.05, 0.1) is 12.2 Å². The minimum atomic E-state index is 0.130. The minimum absolute atomic E-state index is 0.130. The maximum Gasteiger partial charge on any atom is 0.224 e. The van der Waals surface area contributed by atoms with Crippen LogP contribution in [0.25, 0.3) is 0 Å². The topological polar surface area (TPSA) is 39.2 Å². The van der Waals surface area contributed by atoms with Crippen LogP contribution in [0.2, 0.25) is 0 Å². The van der Waals surface area contributed by atoms with Gasteiger partial charge in [-0.05, 0) is 25.5 Å². The Bertz CT molecular complexity index is 336. The van der Waals surface area contributed by atoms with Crippen molar-refractivity contribution in [2.24, 2.45) is 0 Å². The Morgan fingerprint density at radius 1 is 1.38 bits per heavy atom. The molecule has 0 aliphatic heterocycles. The van der Waals surface area contributed by atoms with Crippen LogP contribution in [-0.2, 0) is 0 Å². The number of unbranched alkanes of at least 4 members (excludes halogenated alkanes) is 2. The third-order valence-corrected chi connectivity index (χ3v) is 2.36. The number of hydrogen-bond acceptors (Lipinski definition) is 3. The first-order valence-electron chi connectivity index (χ1n) is 5.90. The molecular formula is C13H19NO2. The SMILES string of the molecule is CCCCCC(=O)c1cccnc1OCC. The maximum absolute atomic E-state index is 11.9. The van der Waals surface area contributed by atoms with Gasteiger partial charge in [0.25, 0.3) is 0 Å².